The number of benzene rings is 3. The van der Waals surface area contributed by atoms with Crippen LogP contribution in [0.2, 0.25) is 0 Å². The molecule has 6 nitrogen and oxygen atoms in total. The number of rotatable bonds is 6. The predicted octanol–water partition coefficient (Wildman–Crippen LogP) is 4.85. The minimum Gasteiger partial charge on any atom is -0.325 e. The Balaban J connectivity index is 1.58. The van der Waals surface area contributed by atoms with E-state index in [1.807, 2.05) is 66.1 Å². The number of carbonyl (C=O) groups is 1. The Bertz CT molecular complexity index is 1240. The van der Waals surface area contributed by atoms with E-state index < -0.39 is 0 Å². The minimum absolute atomic E-state index is 0.162. The SMILES string of the molecule is Cc1ccc(-n2c(SCC(=O)Nc3cccc(C#N)c3)nnc2-c2ccccc2)cc1. The molecule has 1 N–H and O–H groups in total. The van der Waals surface area contributed by atoms with Crippen molar-refractivity contribution in [3.05, 3.63) is 90.0 Å². The Morgan fingerprint density at radius 1 is 1.03 bits per heavy atom. The van der Waals surface area contributed by atoms with Gasteiger partial charge in [0.1, 0.15) is 0 Å². The molecule has 0 aliphatic heterocycles. The van der Waals surface area contributed by atoms with Crippen LogP contribution in [0.5, 0.6) is 0 Å². The fourth-order valence-corrected chi connectivity index (χ4v) is 3.81. The van der Waals surface area contributed by atoms with Gasteiger partial charge in [0.25, 0.3) is 0 Å². The van der Waals surface area contributed by atoms with E-state index in [1.165, 1.54) is 11.8 Å². The lowest BCUT2D eigenvalue weighted by Crippen LogP contribution is -2.14. The molecule has 31 heavy (non-hydrogen) atoms. The van der Waals surface area contributed by atoms with Crippen molar-refractivity contribution in [1.29, 1.82) is 5.26 Å². The van der Waals surface area contributed by atoms with E-state index in [0.29, 0.717) is 22.2 Å². The molecule has 1 amide bonds. The molecule has 3 aromatic carbocycles. The second kappa shape index (κ2) is 9.28. The van der Waals surface area contributed by atoms with E-state index in [1.54, 1.807) is 24.3 Å². The molecule has 0 radical (unpaired) electrons. The van der Waals surface area contributed by atoms with Crippen LogP contribution in [0.4, 0.5) is 5.69 Å². The minimum atomic E-state index is -0.181. The molecule has 0 unspecified atom stereocenters. The molecule has 152 valence electrons. The molecule has 4 rings (SSSR count). The first-order valence-electron chi connectivity index (χ1n) is 9.65. The molecular weight excluding hydrogens is 406 g/mol. The summed E-state index contributed by atoms with van der Waals surface area (Å²) >= 11 is 1.31. The van der Waals surface area contributed by atoms with Gasteiger partial charge < -0.3 is 5.32 Å². The van der Waals surface area contributed by atoms with Gasteiger partial charge in [-0.2, -0.15) is 5.26 Å². The van der Waals surface area contributed by atoms with Crippen LogP contribution in [0.15, 0.2) is 84.0 Å². The van der Waals surface area contributed by atoms with Crippen molar-refractivity contribution in [1.82, 2.24) is 14.8 Å². The van der Waals surface area contributed by atoms with Crippen LogP contribution in [0.1, 0.15) is 11.1 Å². The van der Waals surface area contributed by atoms with E-state index >= 15 is 0 Å². The van der Waals surface area contributed by atoms with Crippen molar-refractivity contribution in [3.8, 4) is 23.1 Å². The molecule has 1 aromatic heterocycles. The van der Waals surface area contributed by atoms with Gasteiger partial charge in [0.15, 0.2) is 11.0 Å². The average molecular weight is 426 g/mol. The molecular formula is C24H19N5OS. The normalized spacial score (nSPS) is 10.5. The van der Waals surface area contributed by atoms with Crippen molar-refractivity contribution >= 4 is 23.4 Å². The maximum Gasteiger partial charge on any atom is 0.234 e. The number of aryl methyl sites for hydroxylation is 1. The Labute approximate surface area is 184 Å². The van der Waals surface area contributed by atoms with Gasteiger partial charge in [0.05, 0.1) is 17.4 Å². The zero-order valence-electron chi connectivity index (χ0n) is 16.8. The molecule has 4 aromatic rings. The lowest BCUT2D eigenvalue weighted by atomic mass is 10.2. The van der Waals surface area contributed by atoms with Crippen molar-refractivity contribution in [3.63, 3.8) is 0 Å². The van der Waals surface area contributed by atoms with Gasteiger partial charge >= 0.3 is 0 Å². The highest BCUT2D eigenvalue weighted by molar-refractivity contribution is 7.99. The molecule has 7 heteroatoms. The number of nitrogens with zero attached hydrogens (tertiary/aromatic N) is 4. The summed E-state index contributed by atoms with van der Waals surface area (Å²) in [4.78, 5) is 12.5. The number of aromatic nitrogens is 3. The van der Waals surface area contributed by atoms with Crippen molar-refractivity contribution in [2.45, 2.75) is 12.1 Å². The summed E-state index contributed by atoms with van der Waals surface area (Å²) in [5.74, 6) is 0.698. The van der Waals surface area contributed by atoms with Gasteiger partial charge in [0.2, 0.25) is 5.91 Å². The van der Waals surface area contributed by atoms with E-state index in [0.717, 1.165) is 16.8 Å². The molecule has 0 saturated heterocycles. The highest BCUT2D eigenvalue weighted by Gasteiger charge is 2.17. The summed E-state index contributed by atoms with van der Waals surface area (Å²) < 4.78 is 1.96. The first-order chi connectivity index (χ1) is 15.1. The number of anilines is 1. The summed E-state index contributed by atoms with van der Waals surface area (Å²) in [6, 6.07) is 26.8. The van der Waals surface area contributed by atoms with E-state index in [-0.39, 0.29) is 11.7 Å². The van der Waals surface area contributed by atoms with Crippen LogP contribution in [0.25, 0.3) is 17.1 Å². The molecule has 1 heterocycles. The van der Waals surface area contributed by atoms with Gasteiger partial charge in [-0.05, 0) is 37.3 Å². The number of carbonyl (C=O) groups excluding carboxylic acids is 1. The highest BCUT2D eigenvalue weighted by atomic mass is 32.2. The Kier molecular flexibility index (Phi) is 6.11. The largest absolute Gasteiger partial charge is 0.325 e. The van der Waals surface area contributed by atoms with Crippen LogP contribution in [0.3, 0.4) is 0 Å². The maximum atomic E-state index is 12.5. The quantitative estimate of drug-likeness (QED) is 0.447. The Hall–Kier alpha value is -3.89. The maximum absolute atomic E-state index is 12.5. The Morgan fingerprint density at radius 3 is 2.55 bits per heavy atom. The van der Waals surface area contributed by atoms with Gasteiger partial charge in [-0.1, -0.05) is 65.9 Å². The third-order valence-electron chi connectivity index (χ3n) is 4.57. The smallest absolute Gasteiger partial charge is 0.234 e. The number of hydrogen-bond donors (Lipinski definition) is 1. The molecule has 0 aliphatic rings. The fraction of sp³-hybridized carbons (Fsp3) is 0.0833. The summed E-state index contributed by atoms with van der Waals surface area (Å²) in [5, 5.41) is 21.2. The second-order valence-electron chi connectivity index (χ2n) is 6.87. The van der Waals surface area contributed by atoms with Gasteiger partial charge in [-0.25, -0.2) is 0 Å². The van der Waals surface area contributed by atoms with Crippen LogP contribution in [-0.4, -0.2) is 26.4 Å². The van der Waals surface area contributed by atoms with Crippen molar-refractivity contribution < 1.29 is 4.79 Å². The standard InChI is InChI=1S/C24H19N5OS/c1-17-10-12-21(13-11-17)29-23(19-7-3-2-4-8-19)27-28-24(29)31-16-22(30)26-20-9-5-6-18(14-20)15-25/h2-14H,16H2,1H3,(H,26,30). The number of nitrogens with one attached hydrogen (secondary N) is 1. The molecule has 0 fully saturated rings. The molecule has 0 aliphatic carbocycles. The molecule has 0 saturated carbocycles. The van der Waals surface area contributed by atoms with E-state index in [9.17, 15) is 4.79 Å². The second-order valence-corrected chi connectivity index (χ2v) is 7.82. The predicted molar refractivity (Wildman–Crippen MR) is 122 cm³/mol. The fourth-order valence-electron chi connectivity index (χ4n) is 3.06. The van der Waals surface area contributed by atoms with Crippen molar-refractivity contribution in [2.75, 3.05) is 11.1 Å². The van der Waals surface area contributed by atoms with E-state index in [2.05, 4.69) is 21.6 Å². The lowest BCUT2D eigenvalue weighted by molar-refractivity contribution is -0.113. The number of amides is 1. The number of nitriles is 1. The van der Waals surface area contributed by atoms with E-state index in [4.69, 9.17) is 5.26 Å². The highest BCUT2D eigenvalue weighted by Crippen LogP contribution is 2.28. The average Bonchev–Trinajstić information content (AvgIpc) is 3.23. The van der Waals surface area contributed by atoms with Crippen molar-refractivity contribution in [2.24, 2.45) is 0 Å². The molecule has 0 atom stereocenters. The summed E-state index contributed by atoms with van der Waals surface area (Å²) in [6.45, 7) is 2.04. The van der Waals surface area contributed by atoms with Gasteiger partial charge in [0, 0.05) is 16.9 Å². The van der Waals surface area contributed by atoms with Gasteiger partial charge in [-0.3, -0.25) is 9.36 Å². The zero-order valence-corrected chi connectivity index (χ0v) is 17.6. The van der Waals surface area contributed by atoms with Gasteiger partial charge in [-0.15, -0.1) is 10.2 Å². The van der Waals surface area contributed by atoms with Crippen LogP contribution < -0.4 is 5.32 Å². The topological polar surface area (TPSA) is 83.6 Å². The lowest BCUT2D eigenvalue weighted by Gasteiger charge is -2.11. The molecule has 0 spiro atoms. The van der Waals surface area contributed by atoms with Crippen LogP contribution >= 0.6 is 11.8 Å². The summed E-state index contributed by atoms with van der Waals surface area (Å²) in [6.07, 6.45) is 0. The third kappa shape index (κ3) is 4.82. The van der Waals surface area contributed by atoms with Crippen LogP contribution in [0, 0.1) is 18.3 Å². The zero-order chi connectivity index (χ0) is 21.6. The Morgan fingerprint density at radius 2 is 1.81 bits per heavy atom. The number of thioether (sulfide) groups is 1. The number of hydrogen-bond acceptors (Lipinski definition) is 5. The summed E-state index contributed by atoms with van der Waals surface area (Å²) in [5.41, 5.74) is 4.12. The first-order valence-corrected chi connectivity index (χ1v) is 10.6. The monoisotopic (exact) mass is 425 g/mol. The first kappa shape index (κ1) is 20.4. The third-order valence-corrected chi connectivity index (χ3v) is 5.49. The summed E-state index contributed by atoms with van der Waals surface area (Å²) in [7, 11) is 0. The van der Waals surface area contributed by atoms with Crippen LogP contribution in [-0.2, 0) is 4.79 Å². The molecule has 0 bridgehead atoms.